The summed E-state index contributed by atoms with van der Waals surface area (Å²) in [7, 11) is 0. The number of carbonyl (C=O) groups excluding carboxylic acids is 1. The van der Waals surface area contributed by atoms with Gasteiger partial charge in [0.1, 0.15) is 11.6 Å². The number of nitriles is 1. The first-order valence-corrected chi connectivity index (χ1v) is 7.45. The second-order valence-corrected chi connectivity index (χ2v) is 5.12. The van der Waals surface area contributed by atoms with E-state index in [1.165, 1.54) is 0 Å². The van der Waals surface area contributed by atoms with Crippen LogP contribution in [0.4, 0.5) is 0 Å². The lowest BCUT2D eigenvalue weighted by Gasteiger charge is -2.27. The van der Waals surface area contributed by atoms with E-state index in [1.807, 2.05) is 6.07 Å². The average Bonchev–Trinajstić information content (AvgIpc) is 2.56. The molecule has 0 saturated carbocycles. The summed E-state index contributed by atoms with van der Waals surface area (Å²) < 4.78 is 5.29. The minimum absolute atomic E-state index is 0.180. The number of amides is 1. The lowest BCUT2D eigenvalue weighted by Crippen LogP contribution is -2.47. The zero-order valence-electron chi connectivity index (χ0n) is 12.3. The van der Waals surface area contributed by atoms with Gasteiger partial charge in [0.15, 0.2) is 0 Å². The Kier molecular flexibility index (Phi) is 6.47. The van der Waals surface area contributed by atoms with E-state index in [-0.39, 0.29) is 11.5 Å². The molecule has 21 heavy (non-hydrogen) atoms. The lowest BCUT2D eigenvalue weighted by molar-refractivity contribution is -0.127. The van der Waals surface area contributed by atoms with E-state index in [2.05, 4.69) is 15.5 Å². The molecule has 2 N–H and O–H groups in total. The summed E-state index contributed by atoms with van der Waals surface area (Å²) in [5.74, 6) is -0.183. The van der Waals surface area contributed by atoms with Crippen molar-refractivity contribution in [2.24, 2.45) is 0 Å². The maximum Gasteiger partial charge on any atom is 0.266 e. The molecule has 0 aromatic heterocycles. The summed E-state index contributed by atoms with van der Waals surface area (Å²) in [5, 5.41) is 15.4. The van der Waals surface area contributed by atoms with Crippen LogP contribution < -0.4 is 10.6 Å². The summed E-state index contributed by atoms with van der Waals surface area (Å²) >= 11 is 0. The van der Waals surface area contributed by atoms with Crippen LogP contribution in [0.5, 0.6) is 0 Å². The fourth-order valence-electron chi connectivity index (χ4n) is 2.40. The molecule has 2 rings (SSSR count). The molecule has 7 heteroatoms. The third kappa shape index (κ3) is 5.01. The third-order valence-corrected chi connectivity index (χ3v) is 3.68. The molecule has 2 fully saturated rings. The molecule has 7 nitrogen and oxygen atoms in total. The minimum atomic E-state index is -0.183. The summed E-state index contributed by atoms with van der Waals surface area (Å²) in [5.41, 5.74) is 0.180. The summed E-state index contributed by atoms with van der Waals surface area (Å²) in [6.45, 7) is 7.94. The first kappa shape index (κ1) is 15.8. The van der Waals surface area contributed by atoms with Crippen molar-refractivity contribution in [1.82, 2.24) is 20.4 Å². The van der Waals surface area contributed by atoms with Crippen molar-refractivity contribution in [2.45, 2.75) is 0 Å². The SMILES string of the molecule is N#C/C(=C/NCCN1CCOCC1)C(=O)N1CCNCC1. The van der Waals surface area contributed by atoms with Crippen LogP contribution in [0.15, 0.2) is 11.8 Å². The van der Waals surface area contributed by atoms with Crippen molar-refractivity contribution in [3.05, 3.63) is 11.8 Å². The number of nitrogens with zero attached hydrogens (tertiary/aromatic N) is 3. The molecule has 0 spiro atoms. The fourth-order valence-corrected chi connectivity index (χ4v) is 2.40. The molecular weight excluding hydrogens is 270 g/mol. The predicted molar refractivity (Wildman–Crippen MR) is 78.4 cm³/mol. The first-order valence-electron chi connectivity index (χ1n) is 7.45. The van der Waals surface area contributed by atoms with Gasteiger partial charge >= 0.3 is 0 Å². The van der Waals surface area contributed by atoms with E-state index < -0.39 is 0 Å². The predicted octanol–water partition coefficient (Wildman–Crippen LogP) is -1.25. The highest BCUT2D eigenvalue weighted by Gasteiger charge is 2.19. The summed E-state index contributed by atoms with van der Waals surface area (Å²) in [4.78, 5) is 16.2. The highest BCUT2D eigenvalue weighted by Crippen LogP contribution is 2.02. The van der Waals surface area contributed by atoms with E-state index in [0.29, 0.717) is 13.1 Å². The Morgan fingerprint density at radius 1 is 1.29 bits per heavy atom. The third-order valence-electron chi connectivity index (χ3n) is 3.68. The maximum absolute atomic E-state index is 12.2. The van der Waals surface area contributed by atoms with Crippen LogP contribution in [0.3, 0.4) is 0 Å². The van der Waals surface area contributed by atoms with Crippen molar-refractivity contribution >= 4 is 5.91 Å². The average molecular weight is 293 g/mol. The second kappa shape index (κ2) is 8.62. The Morgan fingerprint density at radius 2 is 2.00 bits per heavy atom. The zero-order valence-corrected chi connectivity index (χ0v) is 12.3. The molecule has 2 aliphatic heterocycles. The van der Waals surface area contributed by atoms with Crippen molar-refractivity contribution < 1.29 is 9.53 Å². The molecule has 0 bridgehead atoms. The molecule has 2 saturated heterocycles. The van der Waals surface area contributed by atoms with E-state index in [9.17, 15) is 4.79 Å². The fraction of sp³-hybridized carbons (Fsp3) is 0.714. The molecule has 0 aliphatic carbocycles. The molecule has 0 aromatic rings. The topological polar surface area (TPSA) is 80.6 Å². The smallest absolute Gasteiger partial charge is 0.266 e. The summed E-state index contributed by atoms with van der Waals surface area (Å²) in [6, 6.07) is 1.99. The van der Waals surface area contributed by atoms with Crippen LogP contribution in [-0.2, 0) is 9.53 Å². The number of hydrogen-bond donors (Lipinski definition) is 2. The van der Waals surface area contributed by atoms with Crippen LogP contribution in [0.25, 0.3) is 0 Å². The number of morpholine rings is 1. The number of carbonyl (C=O) groups is 1. The normalized spacial score (nSPS) is 20.9. The Hall–Kier alpha value is -1.62. The van der Waals surface area contributed by atoms with Gasteiger partial charge in [-0.3, -0.25) is 9.69 Å². The van der Waals surface area contributed by atoms with Crippen molar-refractivity contribution in [2.75, 3.05) is 65.6 Å². The Labute approximate surface area is 125 Å². The Balaban J connectivity index is 1.74. The van der Waals surface area contributed by atoms with Gasteiger partial charge in [0.25, 0.3) is 5.91 Å². The van der Waals surface area contributed by atoms with Crippen LogP contribution in [-0.4, -0.2) is 81.3 Å². The molecule has 0 aromatic carbocycles. The van der Waals surface area contributed by atoms with Crippen molar-refractivity contribution in [1.29, 1.82) is 5.26 Å². The van der Waals surface area contributed by atoms with Gasteiger partial charge in [-0.15, -0.1) is 0 Å². The van der Waals surface area contributed by atoms with Crippen LogP contribution in [0.1, 0.15) is 0 Å². The van der Waals surface area contributed by atoms with Gasteiger partial charge in [0, 0.05) is 58.6 Å². The Bertz CT molecular complexity index is 406. The Morgan fingerprint density at radius 3 is 2.67 bits per heavy atom. The molecule has 0 atom stereocenters. The van der Waals surface area contributed by atoms with E-state index in [1.54, 1.807) is 11.1 Å². The highest BCUT2D eigenvalue weighted by molar-refractivity contribution is 5.97. The minimum Gasteiger partial charge on any atom is -0.388 e. The molecule has 0 radical (unpaired) electrons. The van der Waals surface area contributed by atoms with Gasteiger partial charge in [0.05, 0.1) is 13.2 Å². The highest BCUT2D eigenvalue weighted by atomic mass is 16.5. The number of rotatable bonds is 5. The molecular formula is C14H23N5O2. The zero-order chi connectivity index (χ0) is 14.9. The quantitative estimate of drug-likeness (QED) is 0.374. The van der Waals surface area contributed by atoms with Gasteiger partial charge in [0.2, 0.25) is 0 Å². The van der Waals surface area contributed by atoms with Crippen LogP contribution >= 0.6 is 0 Å². The molecule has 116 valence electrons. The monoisotopic (exact) mass is 293 g/mol. The van der Waals surface area contributed by atoms with Gasteiger partial charge in [-0.1, -0.05) is 0 Å². The lowest BCUT2D eigenvalue weighted by atomic mass is 10.2. The molecule has 2 aliphatic rings. The van der Waals surface area contributed by atoms with E-state index in [4.69, 9.17) is 10.00 Å². The number of hydrogen-bond acceptors (Lipinski definition) is 6. The first-order chi connectivity index (χ1) is 10.3. The molecule has 2 heterocycles. The van der Waals surface area contributed by atoms with Crippen molar-refractivity contribution in [3.63, 3.8) is 0 Å². The van der Waals surface area contributed by atoms with Gasteiger partial charge < -0.3 is 20.3 Å². The van der Waals surface area contributed by atoms with Gasteiger partial charge in [-0.05, 0) is 0 Å². The second-order valence-electron chi connectivity index (χ2n) is 5.12. The van der Waals surface area contributed by atoms with Crippen molar-refractivity contribution in [3.8, 4) is 6.07 Å². The van der Waals surface area contributed by atoms with E-state index >= 15 is 0 Å². The standard InChI is InChI=1S/C14H23N5O2/c15-11-13(14(20)19-5-2-16-3-6-19)12-17-1-4-18-7-9-21-10-8-18/h12,16-17H,1-10H2/b13-12-. The molecule has 0 unspecified atom stereocenters. The van der Waals surface area contributed by atoms with Gasteiger partial charge in [-0.2, -0.15) is 5.26 Å². The summed E-state index contributed by atoms with van der Waals surface area (Å²) in [6.07, 6.45) is 1.55. The number of piperazine rings is 1. The van der Waals surface area contributed by atoms with Gasteiger partial charge in [-0.25, -0.2) is 0 Å². The molecule has 1 amide bonds. The van der Waals surface area contributed by atoms with E-state index in [0.717, 1.165) is 52.5 Å². The number of nitrogens with one attached hydrogen (secondary N) is 2. The van der Waals surface area contributed by atoms with Crippen LogP contribution in [0.2, 0.25) is 0 Å². The largest absolute Gasteiger partial charge is 0.388 e. The van der Waals surface area contributed by atoms with Crippen LogP contribution in [0, 0.1) is 11.3 Å². The number of ether oxygens (including phenoxy) is 1. The maximum atomic E-state index is 12.2.